The lowest BCUT2D eigenvalue weighted by Crippen LogP contribution is -2.47. The van der Waals surface area contributed by atoms with Crippen LogP contribution < -0.4 is 4.74 Å². The molecule has 1 unspecified atom stereocenters. The van der Waals surface area contributed by atoms with Crippen molar-refractivity contribution in [1.82, 2.24) is 14.8 Å². The van der Waals surface area contributed by atoms with Crippen molar-refractivity contribution in [2.24, 2.45) is 11.0 Å². The maximum Gasteiger partial charge on any atom is 0.262 e. The number of carbonyl (C=O) groups excluding carboxylic acids is 2. The molecule has 2 amide bonds. The van der Waals surface area contributed by atoms with Crippen molar-refractivity contribution in [1.29, 1.82) is 0 Å². The van der Waals surface area contributed by atoms with Crippen molar-refractivity contribution in [2.75, 3.05) is 53.0 Å². The molecule has 0 aliphatic carbocycles. The molecule has 4 rings (SSSR count). The van der Waals surface area contributed by atoms with E-state index in [0.717, 1.165) is 29.9 Å². The third-order valence-electron chi connectivity index (χ3n) is 7.43. The first-order chi connectivity index (χ1) is 18.3. The number of methoxy groups -OCH3 is 1. The number of ether oxygens (including phenoxy) is 2. The average Bonchev–Trinajstić information content (AvgIpc) is 3.38. The molecule has 0 spiro atoms. The predicted octanol–water partition coefficient (Wildman–Crippen LogP) is 3.81. The zero-order valence-corrected chi connectivity index (χ0v) is 23.3. The van der Waals surface area contributed by atoms with Crippen LogP contribution in [0.5, 0.6) is 5.75 Å². The molecule has 2 aliphatic rings. The van der Waals surface area contributed by atoms with E-state index in [1.165, 1.54) is 11.1 Å². The third kappa shape index (κ3) is 6.42. The van der Waals surface area contributed by atoms with E-state index in [4.69, 9.17) is 14.6 Å². The molecule has 2 heterocycles. The number of benzene rings is 2. The van der Waals surface area contributed by atoms with Crippen molar-refractivity contribution in [3.8, 4) is 5.75 Å². The van der Waals surface area contributed by atoms with Crippen LogP contribution in [0.15, 0.2) is 47.6 Å². The number of para-hydroxylation sites is 1. The molecule has 0 radical (unpaired) electrons. The number of hydrogen-bond donors (Lipinski definition) is 0. The summed E-state index contributed by atoms with van der Waals surface area (Å²) in [6.07, 6.45) is 0.570. The van der Waals surface area contributed by atoms with Crippen molar-refractivity contribution in [3.63, 3.8) is 0 Å². The van der Waals surface area contributed by atoms with Gasteiger partial charge in [0.1, 0.15) is 12.3 Å². The first-order valence-electron chi connectivity index (χ1n) is 13.5. The fourth-order valence-corrected chi connectivity index (χ4v) is 4.97. The molecular weight excluding hydrogens is 480 g/mol. The Hall–Kier alpha value is -3.23. The molecule has 2 aromatic rings. The standard InChI is InChI=1S/C30H40N4O4/c1-21(2)30(36)33(13-12-32-14-16-38-17-15-32)20-29(35)34-27(25-8-6-7-9-28(25)37-5)19-26(31-34)24-11-10-22(3)23(4)18-24/h6-11,18,21,27H,12-17,19-20H2,1-5H3. The molecule has 0 saturated carbocycles. The number of rotatable bonds is 9. The van der Waals surface area contributed by atoms with Gasteiger partial charge in [0.05, 0.1) is 32.1 Å². The summed E-state index contributed by atoms with van der Waals surface area (Å²) < 4.78 is 11.1. The molecule has 8 heteroatoms. The molecule has 0 aromatic heterocycles. The molecule has 0 N–H and O–H groups in total. The van der Waals surface area contributed by atoms with Gasteiger partial charge in [-0.25, -0.2) is 5.01 Å². The van der Waals surface area contributed by atoms with Gasteiger partial charge < -0.3 is 14.4 Å². The Morgan fingerprint density at radius 2 is 1.84 bits per heavy atom. The Kier molecular flexibility index (Phi) is 9.17. The predicted molar refractivity (Wildman–Crippen MR) is 148 cm³/mol. The largest absolute Gasteiger partial charge is 0.496 e. The second-order valence-electron chi connectivity index (χ2n) is 10.4. The molecule has 0 bridgehead atoms. The third-order valence-corrected chi connectivity index (χ3v) is 7.43. The minimum Gasteiger partial charge on any atom is -0.496 e. The van der Waals surface area contributed by atoms with Gasteiger partial charge in [-0.2, -0.15) is 5.10 Å². The number of carbonyl (C=O) groups is 2. The highest BCUT2D eigenvalue weighted by molar-refractivity contribution is 6.03. The van der Waals surface area contributed by atoms with Crippen molar-refractivity contribution in [3.05, 3.63) is 64.7 Å². The summed E-state index contributed by atoms with van der Waals surface area (Å²) in [6.45, 7) is 12.2. The Balaban J connectivity index is 1.61. The van der Waals surface area contributed by atoms with E-state index < -0.39 is 0 Å². The highest BCUT2D eigenvalue weighted by Gasteiger charge is 2.36. The van der Waals surface area contributed by atoms with Gasteiger partial charge in [0, 0.05) is 44.1 Å². The molecule has 2 aromatic carbocycles. The summed E-state index contributed by atoms with van der Waals surface area (Å²) in [7, 11) is 1.64. The van der Waals surface area contributed by atoms with Crippen LogP contribution in [-0.4, -0.2) is 85.4 Å². The zero-order valence-electron chi connectivity index (χ0n) is 23.3. The van der Waals surface area contributed by atoms with Crippen LogP contribution in [0.2, 0.25) is 0 Å². The summed E-state index contributed by atoms with van der Waals surface area (Å²) in [6, 6.07) is 13.7. The molecule has 2 aliphatic heterocycles. The average molecular weight is 521 g/mol. The van der Waals surface area contributed by atoms with Crippen molar-refractivity contribution >= 4 is 17.5 Å². The molecule has 204 valence electrons. The Bertz CT molecular complexity index is 1170. The molecule has 38 heavy (non-hydrogen) atoms. The fraction of sp³-hybridized carbons (Fsp3) is 0.500. The first kappa shape index (κ1) is 27.8. The second-order valence-corrected chi connectivity index (χ2v) is 10.4. The van der Waals surface area contributed by atoms with Gasteiger partial charge in [0.2, 0.25) is 5.91 Å². The van der Waals surface area contributed by atoms with E-state index >= 15 is 0 Å². The van der Waals surface area contributed by atoms with Crippen molar-refractivity contribution in [2.45, 2.75) is 40.2 Å². The summed E-state index contributed by atoms with van der Waals surface area (Å²) >= 11 is 0. The number of aryl methyl sites for hydroxylation is 2. The van der Waals surface area contributed by atoms with E-state index in [9.17, 15) is 9.59 Å². The van der Waals surface area contributed by atoms with E-state index in [1.807, 2.05) is 38.1 Å². The topological polar surface area (TPSA) is 74.7 Å². The molecular formula is C30H40N4O4. The van der Waals surface area contributed by atoms with Gasteiger partial charge in [-0.05, 0) is 42.7 Å². The molecule has 1 saturated heterocycles. The zero-order chi connectivity index (χ0) is 27.2. The fourth-order valence-electron chi connectivity index (χ4n) is 4.97. The van der Waals surface area contributed by atoms with Crippen LogP contribution in [0.25, 0.3) is 0 Å². The van der Waals surface area contributed by atoms with Gasteiger partial charge in [-0.3, -0.25) is 14.5 Å². The minimum atomic E-state index is -0.314. The quantitative estimate of drug-likeness (QED) is 0.503. The highest BCUT2D eigenvalue weighted by Crippen LogP contribution is 2.37. The lowest BCUT2D eigenvalue weighted by Gasteiger charge is -2.32. The number of nitrogens with zero attached hydrogens (tertiary/aromatic N) is 4. The monoisotopic (exact) mass is 520 g/mol. The van der Waals surface area contributed by atoms with Crippen LogP contribution in [0.3, 0.4) is 0 Å². The molecule has 1 fully saturated rings. The summed E-state index contributed by atoms with van der Waals surface area (Å²) in [5.41, 5.74) is 5.16. The van der Waals surface area contributed by atoms with Gasteiger partial charge in [-0.15, -0.1) is 0 Å². The SMILES string of the molecule is COc1ccccc1C1CC(c2ccc(C)c(C)c2)=NN1C(=O)CN(CCN1CCOCC1)C(=O)C(C)C. The lowest BCUT2D eigenvalue weighted by atomic mass is 9.96. The van der Waals surface area contributed by atoms with E-state index in [0.29, 0.717) is 38.5 Å². The van der Waals surface area contributed by atoms with Gasteiger partial charge in [0.25, 0.3) is 5.91 Å². The number of morpholine rings is 1. The number of hydrazone groups is 1. The molecule has 8 nitrogen and oxygen atoms in total. The van der Waals surface area contributed by atoms with Crippen LogP contribution >= 0.6 is 0 Å². The first-order valence-corrected chi connectivity index (χ1v) is 13.5. The summed E-state index contributed by atoms with van der Waals surface area (Å²) in [5.74, 6) is 0.286. The Morgan fingerprint density at radius 1 is 1.11 bits per heavy atom. The number of hydrogen-bond acceptors (Lipinski definition) is 6. The molecule has 1 atom stereocenters. The summed E-state index contributed by atoms with van der Waals surface area (Å²) in [5, 5.41) is 6.42. The second kappa shape index (κ2) is 12.5. The maximum absolute atomic E-state index is 13.9. The number of amides is 2. The summed E-state index contributed by atoms with van der Waals surface area (Å²) in [4.78, 5) is 31.0. The van der Waals surface area contributed by atoms with Crippen LogP contribution in [-0.2, 0) is 14.3 Å². The van der Waals surface area contributed by atoms with Crippen LogP contribution in [0.1, 0.15) is 48.6 Å². The maximum atomic E-state index is 13.9. The Morgan fingerprint density at radius 3 is 2.53 bits per heavy atom. The van der Waals surface area contributed by atoms with E-state index in [2.05, 4.69) is 36.9 Å². The van der Waals surface area contributed by atoms with Gasteiger partial charge in [-0.1, -0.05) is 44.2 Å². The van der Waals surface area contributed by atoms with E-state index in [1.54, 1.807) is 17.0 Å². The van der Waals surface area contributed by atoms with Crippen LogP contribution in [0.4, 0.5) is 0 Å². The van der Waals surface area contributed by atoms with E-state index in [-0.39, 0.29) is 30.3 Å². The van der Waals surface area contributed by atoms with Gasteiger partial charge >= 0.3 is 0 Å². The normalized spacial score (nSPS) is 18.0. The Labute approximate surface area is 226 Å². The van der Waals surface area contributed by atoms with Crippen molar-refractivity contribution < 1.29 is 19.1 Å². The minimum absolute atomic E-state index is 0.0172. The van der Waals surface area contributed by atoms with Crippen LogP contribution in [0, 0.1) is 19.8 Å². The smallest absolute Gasteiger partial charge is 0.262 e. The highest BCUT2D eigenvalue weighted by atomic mass is 16.5. The van der Waals surface area contributed by atoms with Gasteiger partial charge in [0.15, 0.2) is 0 Å². The lowest BCUT2D eigenvalue weighted by molar-refractivity contribution is -0.143.